The highest BCUT2D eigenvalue weighted by Crippen LogP contribution is 2.55. The molecule has 10 heteroatoms. The maximum atomic E-state index is 13.2. The topological polar surface area (TPSA) is 119 Å². The van der Waals surface area contributed by atoms with Crippen molar-refractivity contribution >= 4 is 11.9 Å². The van der Waals surface area contributed by atoms with Crippen LogP contribution in [0.3, 0.4) is 0 Å². The lowest BCUT2D eigenvalue weighted by atomic mass is 9.65. The largest absolute Gasteiger partial charge is 0.504 e. The Kier molecular flexibility index (Phi) is 7.36. The molecule has 1 saturated heterocycles. The van der Waals surface area contributed by atoms with E-state index in [1.807, 2.05) is 32.3 Å². The van der Waals surface area contributed by atoms with Crippen molar-refractivity contribution in [1.82, 2.24) is 15.5 Å². The Bertz CT molecular complexity index is 1230. The van der Waals surface area contributed by atoms with E-state index in [2.05, 4.69) is 15.5 Å². The van der Waals surface area contributed by atoms with Crippen molar-refractivity contribution in [2.75, 3.05) is 54.2 Å². The van der Waals surface area contributed by atoms with Gasteiger partial charge in [0.2, 0.25) is 12.7 Å². The van der Waals surface area contributed by atoms with Gasteiger partial charge in [-0.2, -0.15) is 0 Å². The number of benzene rings is 2. The average Bonchev–Trinajstić information content (AvgIpc) is 3.50. The Labute approximate surface area is 222 Å². The van der Waals surface area contributed by atoms with Crippen molar-refractivity contribution in [3.63, 3.8) is 0 Å². The number of carbonyl (C=O) groups excluding carboxylic acids is 2. The van der Waals surface area contributed by atoms with Crippen LogP contribution < -0.4 is 24.8 Å². The number of rotatable bonds is 9. The Balaban J connectivity index is 1.51. The fourth-order valence-electron chi connectivity index (χ4n) is 5.73. The molecule has 2 aromatic carbocycles. The first-order valence-corrected chi connectivity index (χ1v) is 12.9. The molecular formula is C28H35N3O7. The summed E-state index contributed by atoms with van der Waals surface area (Å²) in [5, 5.41) is 16.9. The summed E-state index contributed by atoms with van der Waals surface area (Å²) >= 11 is 0. The van der Waals surface area contributed by atoms with Gasteiger partial charge in [-0.05, 0) is 61.5 Å². The fraction of sp³-hybridized carbons (Fsp3) is 0.500. The number of esters is 1. The van der Waals surface area contributed by atoms with E-state index < -0.39 is 12.0 Å². The van der Waals surface area contributed by atoms with Crippen LogP contribution in [0.4, 0.5) is 0 Å². The molecule has 0 spiro atoms. The molecule has 1 amide bonds. The molecule has 0 bridgehead atoms. The number of hydrogen-bond acceptors (Lipinski definition) is 9. The van der Waals surface area contributed by atoms with Gasteiger partial charge in [-0.15, -0.1) is 0 Å². The van der Waals surface area contributed by atoms with E-state index in [9.17, 15) is 14.7 Å². The number of ether oxygens (including phenoxy) is 4. The zero-order valence-electron chi connectivity index (χ0n) is 22.2. The SMILES string of the molecule is COc1cc(C2c3cc4c(cc3[C@@H](NC(=O)CCNCCN(C)C)[C@H]3COC(=O)[C@H]23)OCO4)cc(C)c1O. The van der Waals surface area contributed by atoms with Crippen LogP contribution in [-0.2, 0) is 14.3 Å². The standard InChI is InChI=1S/C28H35N3O7/c1-15-9-16(10-22(35-4)27(15)33)24-17-11-20-21(38-14-37-20)12-18(17)26(19-13-36-28(34)25(19)24)30-23(32)5-6-29-7-8-31(2)3/h9-12,19,24-26,29,33H,5-8,13-14H2,1-4H3,(H,30,32)/t19-,24?,25-,26+/m0/s1. The number of cyclic esters (lactones) is 1. The molecule has 1 unspecified atom stereocenters. The second-order valence-electron chi connectivity index (χ2n) is 10.4. The molecule has 38 heavy (non-hydrogen) atoms. The lowest BCUT2D eigenvalue weighted by Crippen LogP contribution is -2.43. The van der Waals surface area contributed by atoms with Crippen molar-refractivity contribution in [2.24, 2.45) is 11.8 Å². The molecule has 2 heterocycles. The van der Waals surface area contributed by atoms with Gasteiger partial charge in [0.25, 0.3) is 0 Å². The van der Waals surface area contributed by atoms with Gasteiger partial charge in [-0.25, -0.2) is 0 Å². The molecule has 10 nitrogen and oxygen atoms in total. The number of amides is 1. The highest BCUT2D eigenvalue weighted by atomic mass is 16.7. The number of nitrogens with zero attached hydrogens (tertiary/aromatic N) is 1. The number of aryl methyl sites for hydroxylation is 1. The summed E-state index contributed by atoms with van der Waals surface area (Å²) in [6.07, 6.45) is 0.313. The van der Waals surface area contributed by atoms with E-state index in [4.69, 9.17) is 18.9 Å². The summed E-state index contributed by atoms with van der Waals surface area (Å²) in [7, 11) is 5.51. The molecule has 3 aliphatic rings. The molecule has 0 saturated carbocycles. The zero-order valence-corrected chi connectivity index (χ0v) is 22.2. The van der Waals surface area contributed by atoms with Crippen molar-refractivity contribution in [1.29, 1.82) is 0 Å². The van der Waals surface area contributed by atoms with Crippen LogP contribution in [0.1, 0.15) is 40.6 Å². The van der Waals surface area contributed by atoms with Gasteiger partial charge in [0.05, 0.1) is 25.7 Å². The molecular weight excluding hydrogens is 490 g/mol. The molecule has 2 aliphatic heterocycles. The monoisotopic (exact) mass is 525 g/mol. The summed E-state index contributed by atoms with van der Waals surface area (Å²) in [4.78, 5) is 28.3. The third-order valence-corrected chi connectivity index (χ3v) is 7.64. The van der Waals surface area contributed by atoms with Gasteiger partial charge >= 0.3 is 5.97 Å². The van der Waals surface area contributed by atoms with Crippen LogP contribution in [0.15, 0.2) is 24.3 Å². The van der Waals surface area contributed by atoms with Gasteiger partial charge in [-0.1, -0.05) is 6.07 Å². The Morgan fingerprint density at radius 2 is 1.84 bits per heavy atom. The van der Waals surface area contributed by atoms with E-state index in [0.29, 0.717) is 35.8 Å². The van der Waals surface area contributed by atoms with Crippen LogP contribution >= 0.6 is 0 Å². The number of nitrogens with one attached hydrogen (secondary N) is 2. The molecule has 0 radical (unpaired) electrons. The zero-order chi connectivity index (χ0) is 27.0. The minimum absolute atomic E-state index is 0.0628. The normalized spacial score (nSPS) is 23.1. The predicted octanol–water partition coefficient (Wildman–Crippen LogP) is 2.07. The van der Waals surface area contributed by atoms with E-state index in [0.717, 1.165) is 29.8 Å². The third kappa shape index (κ3) is 4.86. The maximum absolute atomic E-state index is 13.2. The summed E-state index contributed by atoms with van der Waals surface area (Å²) in [5.74, 6) is 0.00806. The molecule has 204 valence electrons. The second-order valence-corrected chi connectivity index (χ2v) is 10.4. The third-order valence-electron chi connectivity index (χ3n) is 7.64. The van der Waals surface area contributed by atoms with Crippen LogP contribution in [0, 0.1) is 18.8 Å². The molecule has 1 fully saturated rings. The lowest BCUT2D eigenvalue weighted by molar-refractivity contribution is -0.141. The van der Waals surface area contributed by atoms with Gasteiger partial charge < -0.3 is 39.6 Å². The molecule has 5 rings (SSSR count). The first kappa shape index (κ1) is 26.1. The van der Waals surface area contributed by atoms with E-state index >= 15 is 0 Å². The number of phenolic OH excluding ortho intramolecular Hbond substituents is 1. The summed E-state index contributed by atoms with van der Waals surface area (Å²) in [5.41, 5.74) is 3.19. The van der Waals surface area contributed by atoms with Crippen molar-refractivity contribution in [2.45, 2.75) is 25.3 Å². The summed E-state index contributed by atoms with van der Waals surface area (Å²) in [6.45, 7) is 4.34. The molecule has 1 aliphatic carbocycles. The lowest BCUT2D eigenvalue weighted by Gasteiger charge is -2.39. The van der Waals surface area contributed by atoms with E-state index in [-0.39, 0.29) is 42.9 Å². The number of aromatic hydroxyl groups is 1. The number of carbonyl (C=O) groups is 2. The Morgan fingerprint density at radius 3 is 2.55 bits per heavy atom. The number of likely N-dealkylation sites (N-methyl/N-ethyl adjacent to an activating group) is 1. The predicted molar refractivity (Wildman–Crippen MR) is 139 cm³/mol. The van der Waals surface area contributed by atoms with Gasteiger partial charge in [0.15, 0.2) is 23.0 Å². The smallest absolute Gasteiger partial charge is 0.310 e. The molecule has 3 N–H and O–H groups in total. The Morgan fingerprint density at radius 1 is 1.11 bits per heavy atom. The van der Waals surface area contributed by atoms with Crippen molar-refractivity contribution < 1.29 is 33.6 Å². The first-order chi connectivity index (χ1) is 18.3. The van der Waals surface area contributed by atoms with E-state index in [1.54, 1.807) is 13.0 Å². The highest BCUT2D eigenvalue weighted by Gasteiger charge is 2.53. The van der Waals surface area contributed by atoms with Crippen LogP contribution in [0.25, 0.3) is 0 Å². The average molecular weight is 526 g/mol. The molecule has 2 aromatic rings. The quantitative estimate of drug-likeness (QED) is 0.334. The molecule has 0 aromatic heterocycles. The summed E-state index contributed by atoms with van der Waals surface area (Å²) < 4.78 is 22.4. The number of fused-ring (bicyclic) bond motifs is 3. The van der Waals surface area contributed by atoms with Crippen LogP contribution in [-0.4, -0.2) is 76.1 Å². The number of methoxy groups -OCH3 is 1. The van der Waals surface area contributed by atoms with Crippen molar-refractivity contribution in [3.8, 4) is 23.0 Å². The fourth-order valence-corrected chi connectivity index (χ4v) is 5.73. The highest BCUT2D eigenvalue weighted by molar-refractivity contribution is 5.81. The second kappa shape index (κ2) is 10.7. The first-order valence-electron chi connectivity index (χ1n) is 12.9. The maximum Gasteiger partial charge on any atom is 0.310 e. The van der Waals surface area contributed by atoms with Gasteiger partial charge in [0, 0.05) is 37.9 Å². The number of hydrogen-bond donors (Lipinski definition) is 3. The van der Waals surface area contributed by atoms with E-state index in [1.165, 1.54) is 7.11 Å². The van der Waals surface area contributed by atoms with Gasteiger partial charge in [-0.3, -0.25) is 9.59 Å². The van der Waals surface area contributed by atoms with Crippen LogP contribution in [0.2, 0.25) is 0 Å². The van der Waals surface area contributed by atoms with Crippen molar-refractivity contribution in [3.05, 3.63) is 46.5 Å². The van der Waals surface area contributed by atoms with Crippen LogP contribution in [0.5, 0.6) is 23.0 Å². The summed E-state index contributed by atoms with van der Waals surface area (Å²) in [6, 6.07) is 7.02. The van der Waals surface area contributed by atoms with Gasteiger partial charge in [0.1, 0.15) is 0 Å². The minimum Gasteiger partial charge on any atom is -0.504 e. The Hall–Kier alpha value is -3.50. The minimum atomic E-state index is -0.528. The number of phenols is 1. The molecule has 4 atom stereocenters.